The maximum Gasteiger partial charge on any atom is 0.264 e. The second-order valence-electron chi connectivity index (χ2n) is 10.3. The van der Waals surface area contributed by atoms with Crippen molar-refractivity contribution in [3.05, 3.63) is 119 Å². The first-order valence-corrected chi connectivity index (χ1v) is 18.0. The summed E-state index contributed by atoms with van der Waals surface area (Å²) < 4.78 is 35.6. The zero-order chi connectivity index (χ0) is 33.1. The van der Waals surface area contributed by atoms with E-state index in [0.29, 0.717) is 22.9 Å². The third-order valence-corrected chi connectivity index (χ3v) is 10.2. The van der Waals surface area contributed by atoms with E-state index in [1.807, 2.05) is 36.6 Å². The summed E-state index contributed by atoms with van der Waals surface area (Å²) in [7, 11) is -4.27. The van der Waals surface area contributed by atoms with Crippen molar-refractivity contribution < 1.29 is 22.7 Å². The molecule has 1 atom stereocenters. The molecule has 0 aliphatic carbocycles. The van der Waals surface area contributed by atoms with Gasteiger partial charge in [0.15, 0.2) is 0 Å². The lowest BCUT2D eigenvalue weighted by Gasteiger charge is -2.34. The minimum absolute atomic E-state index is 0.0173. The van der Waals surface area contributed by atoms with Crippen molar-refractivity contribution in [2.75, 3.05) is 30.3 Å². The number of ether oxygens (including phenoxy) is 1. The van der Waals surface area contributed by atoms with Crippen LogP contribution in [-0.2, 0) is 32.6 Å². The van der Waals surface area contributed by atoms with Gasteiger partial charge in [-0.2, -0.15) is 0 Å². The van der Waals surface area contributed by atoms with Gasteiger partial charge in [-0.25, -0.2) is 8.42 Å². The predicted molar refractivity (Wildman–Crippen MR) is 185 cm³/mol. The van der Waals surface area contributed by atoms with Crippen LogP contribution in [0.25, 0.3) is 0 Å². The van der Waals surface area contributed by atoms with E-state index < -0.39 is 28.5 Å². The number of para-hydroxylation sites is 2. The van der Waals surface area contributed by atoms with Crippen LogP contribution in [0.4, 0.5) is 5.69 Å². The lowest BCUT2D eigenvalue weighted by molar-refractivity contribution is -0.140. The number of hydrogen-bond acceptors (Lipinski definition) is 6. The Kier molecular flexibility index (Phi) is 12.5. The van der Waals surface area contributed by atoms with Gasteiger partial charge >= 0.3 is 0 Å². The first-order chi connectivity index (χ1) is 22.2. The number of nitrogens with one attached hydrogen (secondary N) is 1. The number of benzene rings is 4. The molecular formula is C35H38ClN3O5S2. The number of rotatable bonds is 15. The zero-order valence-corrected chi connectivity index (χ0v) is 28.4. The van der Waals surface area contributed by atoms with Gasteiger partial charge in [-0.1, -0.05) is 72.3 Å². The molecule has 11 heteroatoms. The third-order valence-electron chi connectivity index (χ3n) is 7.28. The predicted octanol–water partition coefficient (Wildman–Crippen LogP) is 6.43. The van der Waals surface area contributed by atoms with Gasteiger partial charge in [0, 0.05) is 29.4 Å². The van der Waals surface area contributed by atoms with E-state index in [4.69, 9.17) is 16.3 Å². The Morgan fingerprint density at radius 1 is 0.891 bits per heavy atom. The molecule has 1 N–H and O–H groups in total. The Balaban J connectivity index is 1.84. The van der Waals surface area contributed by atoms with E-state index in [0.717, 1.165) is 14.8 Å². The summed E-state index contributed by atoms with van der Waals surface area (Å²) in [5.74, 6) is -0.629. The van der Waals surface area contributed by atoms with E-state index in [9.17, 15) is 18.0 Å². The molecule has 0 radical (unpaired) electrons. The molecule has 0 aliphatic heterocycles. The van der Waals surface area contributed by atoms with Crippen LogP contribution in [0.3, 0.4) is 0 Å². The standard InChI is InChI=1S/C35H38ClN3O5S2/c1-4-37-35(41)32(23-26-13-7-6-8-14-26)38(24-27-15-9-10-16-30(27)36)34(40)25-39(31-17-11-12-18-33(31)44-5-2)46(42,43)29-21-19-28(45-3)20-22-29/h6-22,32H,4-5,23-25H2,1-3H3,(H,37,41)/t32-/m0/s1. The molecule has 0 aromatic heterocycles. The topological polar surface area (TPSA) is 96.0 Å². The van der Waals surface area contributed by atoms with Crippen molar-refractivity contribution >= 4 is 50.9 Å². The fourth-order valence-corrected chi connectivity index (χ4v) is 7.01. The van der Waals surface area contributed by atoms with Crippen LogP contribution in [-0.4, -0.2) is 57.1 Å². The SMILES string of the molecule is CCNC(=O)[C@H](Cc1ccccc1)N(Cc1ccccc1Cl)C(=O)CN(c1ccccc1OCC)S(=O)(=O)c1ccc(SC)cc1. The monoisotopic (exact) mass is 679 g/mol. The van der Waals surface area contributed by atoms with Crippen LogP contribution in [0, 0.1) is 0 Å². The summed E-state index contributed by atoms with van der Waals surface area (Å²) in [5.41, 5.74) is 1.68. The maximum absolute atomic E-state index is 14.6. The van der Waals surface area contributed by atoms with Crippen LogP contribution in [0.2, 0.25) is 5.02 Å². The van der Waals surface area contributed by atoms with Crippen LogP contribution < -0.4 is 14.4 Å². The second-order valence-corrected chi connectivity index (χ2v) is 13.5. The van der Waals surface area contributed by atoms with Crippen molar-refractivity contribution in [3.8, 4) is 5.75 Å². The summed E-state index contributed by atoms with van der Waals surface area (Å²) in [6.45, 7) is 3.64. The molecule has 0 spiro atoms. The molecule has 4 rings (SSSR count). The molecule has 0 aliphatic rings. The molecule has 0 unspecified atom stereocenters. The Hall–Kier alpha value is -3.99. The number of anilines is 1. The molecule has 46 heavy (non-hydrogen) atoms. The lowest BCUT2D eigenvalue weighted by atomic mass is 10.0. The summed E-state index contributed by atoms with van der Waals surface area (Å²) in [6.07, 6.45) is 2.11. The molecule has 0 saturated carbocycles. The van der Waals surface area contributed by atoms with Gasteiger partial charge in [0.25, 0.3) is 10.0 Å². The van der Waals surface area contributed by atoms with Gasteiger partial charge in [0.1, 0.15) is 18.3 Å². The summed E-state index contributed by atoms with van der Waals surface area (Å²) in [4.78, 5) is 30.6. The van der Waals surface area contributed by atoms with Crippen molar-refractivity contribution in [2.45, 2.75) is 42.6 Å². The Bertz CT molecular complexity index is 1720. The number of halogens is 1. The summed E-state index contributed by atoms with van der Waals surface area (Å²) >= 11 is 8.04. The first kappa shape index (κ1) is 34.9. The number of nitrogens with zero attached hydrogens (tertiary/aromatic N) is 2. The molecule has 242 valence electrons. The van der Waals surface area contributed by atoms with E-state index in [-0.39, 0.29) is 36.1 Å². The number of carbonyl (C=O) groups excluding carboxylic acids is 2. The molecule has 0 bridgehead atoms. The van der Waals surface area contributed by atoms with Gasteiger partial charge in [0.05, 0.1) is 17.2 Å². The van der Waals surface area contributed by atoms with Crippen LogP contribution in [0.15, 0.2) is 113 Å². The quantitative estimate of drug-likeness (QED) is 0.146. The normalized spacial score (nSPS) is 11.8. The van der Waals surface area contributed by atoms with Gasteiger partial charge in [-0.3, -0.25) is 13.9 Å². The summed E-state index contributed by atoms with van der Waals surface area (Å²) in [5, 5.41) is 3.29. The number of hydrogen-bond donors (Lipinski definition) is 1. The van der Waals surface area contributed by atoms with E-state index >= 15 is 0 Å². The minimum Gasteiger partial charge on any atom is -0.492 e. The first-order valence-electron chi connectivity index (χ1n) is 14.9. The molecule has 0 heterocycles. The number of sulfonamides is 1. The molecule has 8 nitrogen and oxygen atoms in total. The lowest BCUT2D eigenvalue weighted by Crippen LogP contribution is -2.53. The number of amides is 2. The molecule has 0 fully saturated rings. The highest BCUT2D eigenvalue weighted by Gasteiger charge is 2.35. The molecular weight excluding hydrogens is 642 g/mol. The smallest absolute Gasteiger partial charge is 0.264 e. The Morgan fingerprint density at radius 3 is 2.20 bits per heavy atom. The molecule has 4 aromatic carbocycles. The van der Waals surface area contributed by atoms with Crippen molar-refractivity contribution in [1.29, 1.82) is 0 Å². The van der Waals surface area contributed by atoms with Crippen LogP contribution in [0.1, 0.15) is 25.0 Å². The minimum atomic E-state index is -4.27. The largest absolute Gasteiger partial charge is 0.492 e. The Morgan fingerprint density at radius 2 is 1.54 bits per heavy atom. The fraction of sp³-hybridized carbons (Fsp3) is 0.257. The van der Waals surface area contributed by atoms with Gasteiger partial charge in [-0.15, -0.1) is 11.8 Å². The third kappa shape index (κ3) is 8.63. The van der Waals surface area contributed by atoms with Crippen LogP contribution in [0.5, 0.6) is 5.75 Å². The van der Waals surface area contributed by atoms with Crippen molar-refractivity contribution in [1.82, 2.24) is 10.2 Å². The number of likely N-dealkylation sites (N-methyl/N-ethyl adjacent to an activating group) is 1. The maximum atomic E-state index is 14.6. The molecule has 0 saturated heterocycles. The van der Waals surface area contributed by atoms with Crippen molar-refractivity contribution in [3.63, 3.8) is 0 Å². The van der Waals surface area contributed by atoms with Gasteiger partial charge < -0.3 is 15.0 Å². The van der Waals surface area contributed by atoms with Crippen LogP contribution >= 0.6 is 23.4 Å². The molecule has 2 amide bonds. The highest BCUT2D eigenvalue weighted by atomic mass is 35.5. The average Bonchev–Trinajstić information content (AvgIpc) is 3.07. The number of thioether (sulfide) groups is 1. The molecule has 4 aromatic rings. The highest BCUT2D eigenvalue weighted by Crippen LogP contribution is 2.33. The highest BCUT2D eigenvalue weighted by molar-refractivity contribution is 7.98. The second kappa shape index (κ2) is 16.5. The number of carbonyl (C=O) groups is 2. The van der Waals surface area contributed by atoms with Gasteiger partial charge in [0.2, 0.25) is 11.8 Å². The van der Waals surface area contributed by atoms with Gasteiger partial charge in [-0.05, 0) is 73.7 Å². The van der Waals surface area contributed by atoms with E-state index in [2.05, 4.69) is 5.32 Å². The summed E-state index contributed by atoms with van der Waals surface area (Å²) in [6, 6.07) is 28.7. The zero-order valence-electron chi connectivity index (χ0n) is 26.1. The van der Waals surface area contributed by atoms with Crippen molar-refractivity contribution in [2.24, 2.45) is 0 Å². The van der Waals surface area contributed by atoms with E-state index in [1.54, 1.807) is 74.5 Å². The average molecular weight is 680 g/mol. The van der Waals surface area contributed by atoms with E-state index in [1.165, 1.54) is 28.8 Å². The fourth-order valence-electron chi connectivity index (χ4n) is 4.99. The Labute approximate surface area is 280 Å².